The molecule has 4 rings (SSSR count). The Balaban J connectivity index is 1.82. The molecule has 0 bridgehead atoms. The van der Waals surface area contributed by atoms with Crippen LogP contribution in [0, 0.1) is 0 Å². The van der Waals surface area contributed by atoms with E-state index in [9.17, 15) is 19.5 Å². The van der Waals surface area contributed by atoms with Crippen molar-refractivity contribution in [1.82, 2.24) is 9.88 Å². The maximum Gasteiger partial charge on any atom is 0.308 e. The summed E-state index contributed by atoms with van der Waals surface area (Å²) in [6.45, 7) is 2.00. The Kier molecular flexibility index (Phi) is 6.28. The van der Waals surface area contributed by atoms with Gasteiger partial charge in [0.1, 0.15) is 11.5 Å². The monoisotopic (exact) mass is 448 g/mol. The highest BCUT2D eigenvalue weighted by Gasteiger charge is 2.46. The smallest absolute Gasteiger partial charge is 0.308 e. The van der Waals surface area contributed by atoms with Crippen LogP contribution < -0.4 is 4.74 Å². The molecule has 170 valence electrons. The Labute approximate surface area is 190 Å². The highest BCUT2D eigenvalue weighted by Crippen LogP contribution is 2.41. The Bertz CT molecular complexity index is 1240. The molecule has 2 N–H and O–H groups in total. The summed E-state index contributed by atoms with van der Waals surface area (Å²) in [7, 11) is 1.57. The lowest BCUT2D eigenvalue weighted by molar-refractivity contribution is -0.140. The maximum atomic E-state index is 13.1. The van der Waals surface area contributed by atoms with Crippen molar-refractivity contribution in [3.05, 3.63) is 71.4 Å². The molecule has 1 saturated heterocycles. The average Bonchev–Trinajstić information content (AvgIpc) is 3.34. The average molecular weight is 448 g/mol. The number of carbonyl (C=O) groups is 3. The summed E-state index contributed by atoms with van der Waals surface area (Å²) >= 11 is 0. The van der Waals surface area contributed by atoms with Gasteiger partial charge in [-0.1, -0.05) is 30.3 Å². The molecule has 1 aliphatic heterocycles. The minimum absolute atomic E-state index is 0.0161. The molecule has 2 heterocycles. The Morgan fingerprint density at radius 1 is 1.12 bits per heavy atom. The van der Waals surface area contributed by atoms with Crippen molar-refractivity contribution in [3.8, 4) is 5.75 Å². The number of rotatable bonds is 7. The van der Waals surface area contributed by atoms with E-state index < -0.39 is 23.7 Å². The fourth-order valence-electron chi connectivity index (χ4n) is 4.13. The summed E-state index contributed by atoms with van der Waals surface area (Å²) in [6.07, 6.45) is 2.15. The molecule has 0 aliphatic carbocycles. The number of benzene rings is 2. The summed E-state index contributed by atoms with van der Waals surface area (Å²) in [6, 6.07) is 13.2. The molecule has 8 heteroatoms. The van der Waals surface area contributed by atoms with Crippen LogP contribution in [0.4, 0.5) is 0 Å². The van der Waals surface area contributed by atoms with Gasteiger partial charge in [0.05, 0.1) is 11.6 Å². The number of hydrogen-bond donors (Lipinski definition) is 2. The van der Waals surface area contributed by atoms with E-state index in [2.05, 4.69) is 4.98 Å². The summed E-state index contributed by atoms with van der Waals surface area (Å²) in [5.74, 6) is -1.77. The van der Waals surface area contributed by atoms with Gasteiger partial charge in [0.15, 0.2) is 0 Å². The molecule has 1 aliphatic rings. The van der Waals surface area contributed by atoms with Crippen molar-refractivity contribution in [1.29, 1.82) is 0 Å². The predicted octanol–water partition coefficient (Wildman–Crippen LogP) is 3.55. The first-order valence-electron chi connectivity index (χ1n) is 10.5. The fourth-order valence-corrected chi connectivity index (χ4v) is 4.13. The van der Waals surface area contributed by atoms with E-state index >= 15 is 0 Å². The zero-order valence-corrected chi connectivity index (χ0v) is 18.3. The van der Waals surface area contributed by atoms with Crippen LogP contribution in [0.3, 0.4) is 0 Å². The molecule has 1 unspecified atom stereocenters. The Morgan fingerprint density at radius 3 is 2.55 bits per heavy atom. The minimum atomic E-state index is -0.790. The zero-order valence-electron chi connectivity index (χ0n) is 18.3. The van der Waals surface area contributed by atoms with Crippen molar-refractivity contribution in [2.75, 3.05) is 20.3 Å². The second-order valence-electron chi connectivity index (χ2n) is 7.75. The van der Waals surface area contributed by atoms with Gasteiger partial charge in [-0.15, -0.1) is 0 Å². The second kappa shape index (κ2) is 9.30. The van der Waals surface area contributed by atoms with Crippen LogP contribution in [-0.4, -0.2) is 52.9 Å². The summed E-state index contributed by atoms with van der Waals surface area (Å²) in [5.41, 5.74) is 1.88. The highest BCUT2D eigenvalue weighted by atomic mass is 16.5. The standard InChI is InChI=1S/C25H24N2O6/c1-15(28)33-17-10-8-16(9-11-17)22-21(24(30)25(31)27(22)12-5-13-32-2)23(29)19-14-26-20-7-4-3-6-18(19)20/h3-4,6-11,14,22,26,29H,5,12-13H2,1-2H3/b23-21-. The third kappa shape index (κ3) is 4.25. The van der Waals surface area contributed by atoms with Crippen molar-refractivity contribution >= 4 is 34.3 Å². The van der Waals surface area contributed by atoms with Crippen LogP contribution in [0.2, 0.25) is 0 Å². The molecule has 1 aromatic heterocycles. The molecule has 0 radical (unpaired) electrons. The number of H-pyrrole nitrogens is 1. The molecule has 1 amide bonds. The lowest BCUT2D eigenvalue weighted by Gasteiger charge is -2.25. The lowest BCUT2D eigenvalue weighted by Crippen LogP contribution is -2.31. The maximum absolute atomic E-state index is 13.1. The van der Waals surface area contributed by atoms with Crippen molar-refractivity contribution in [2.24, 2.45) is 0 Å². The second-order valence-corrected chi connectivity index (χ2v) is 7.75. The number of Topliss-reactive ketones (excluding diaryl/α,β-unsaturated/α-hetero) is 1. The molecule has 33 heavy (non-hydrogen) atoms. The molecule has 3 aromatic rings. The first-order chi connectivity index (χ1) is 15.9. The first kappa shape index (κ1) is 22.3. The van der Waals surface area contributed by atoms with Gasteiger partial charge < -0.3 is 24.5 Å². The summed E-state index contributed by atoms with van der Waals surface area (Å²) in [4.78, 5) is 41.8. The number of aliphatic hydroxyl groups is 1. The molecule has 1 atom stereocenters. The molecule has 1 fully saturated rings. The molecule has 2 aromatic carbocycles. The third-order valence-electron chi connectivity index (χ3n) is 5.59. The number of nitrogens with zero attached hydrogens (tertiary/aromatic N) is 1. The quantitative estimate of drug-likeness (QED) is 0.143. The van der Waals surface area contributed by atoms with E-state index in [1.165, 1.54) is 11.8 Å². The number of nitrogens with one attached hydrogen (secondary N) is 1. The molecule has 0 spiro atoms. The van der Waals surface area contributed by atoms with Gasteiger partial charge in [-0.05, 0) is 30.2 Å². The summed E-state index contributed by atoms with van der Waals surface area (Å²) < 4.78 is 10.2. The number of carbonyl (C=O) groups excluding carboxylic acids is 3. The lowest BCUT2D eigenvalue weighted by atomic mass is 9.95. The number of ether oxygens (including phenoxy) is 2. The minimum Gasteiger partial charge on any atom is -0.507 e. The van der Waals surface area contributed by atoms with Crippen LogP contribution >= 0.6 is 0 Å². The van der Waals surface area contributed by atoms with Crippen LogP contribution in [0.25, 0.3) is 16.7 Å². The van der Waals surface area contributed by atoms with Crippen LogP contribution in [0.15, 0.2) is 60.3 Å². The topological polar surface area (TPSA) is 109 Å². The zero-order chi connectivity index (χ0) is 23.5. The van der Waals surface area contributed by atoms with Crippen LogP contribution in [-0.2, 0) is 19.1 Å². The van der Waals surface area contributed by atoms with Gasteiger partial charge in [-0.3, -0.25) is 14.4 Å². The highest BCUT2D eigenvalue weighted by molar-refractivity contribution is 6.46. The molecule has 0 saturated carbocycles. The number of aromatic nitrogens is 1. The number of likely N-dealkylation sites (tertiary alicyclic amines) is 1. The number of esters is 1. The molecular weight excluding hydrogens is 424 g/mol. The number of para-hydroxylation sites is 1. The van der Waals surface area contributed by atoms with Crippen molar-refractivity contribution in [3.63, 3.8) is 0 Å². The van der Waals surface area contributed by atoms with Gasteiger partial charge in [-0.25, -0.2) is 0 Å². The van der Waals surface area contributed by atoms with E-state index in [1.54, 1.807) is 37.6 Å². The van der Waals surface area contributed by atoms with Crippen molar-refractivity contribution in [2.45, 2.75) is 19.4 Å². The van der Waals surface area contributed by atoms with Gasteiger partial charge in [0, 0.05) is 49.8 Å². The fraction of sp³-hybridized carbons (Fsp3) is 0.240. The van der Waals surface area contributed by atoms with E-state index in [0.29, 0.717) is 29.9 Å². The molecule has 8 nitrogen and oxygen atoms in total. The predicted molar refractivity (Wildman–Crippen MR) is 122 cm³/mol. The van der Waals surface area contributed by atoms with Gasteiger partial charge >= 0.3 is 5.97 Å². The molecular formula is C25H24N2O6. The number of amides is 1. The van der Waals surface area contributed by atoms with Gasteiger partial charge in [-0.2, -0.15) is 0 Å². The van der Waals surface area contributed by atoms with E-state index in [0.717, 1.165) is 10.9 Å². The Hall–Kier alpha value is -3.91. The van der Waals surface area contributed by atoms with Crippen LogP contribution in [0.1, 0.15) is 30.5 Å². The largest absolute Gasteiger partial charge is 0.507 e. The van der Waals surface area contributed by atoms with E-state index in [1.807, 2.05) is 24.3 Å². The third-order valence-corrected chi connectivity index (χ3v) is 5.59. The number of aromatic amines is 1. The van der Waals surface area contributed by atoms with E-state index in [-0.39, 0.29) is 17.9 Å². The first-order valence-corrected chi connectivity index (χ1v) is 10.5. The number of hydrogen-bond acceptors (Lipinski definition) is 6. The number of aliphatic hydroxyl groups excluding tert-OH is 1. The van der Waals surface area contributed by atoms with Gasteiger partial charge in [0.2, 0.25) is 0 Å². The van der Waals surface area contributed by atoms with Gasteiger partial charge in [0.25, 0.3) is 11.7 Å². The van der Waals surface area contributed by atoms with E-state index in [4.69, 9.17) is 9.47 Å². The van der Waals surface area contributed by atoms with Crippen LogP contribution in [0.5, 0.6) is 5.75 Å². The number of methoxy groups -OCH3 is 1. The SMILES string of the molecule is COCCCN1C(=O)C(=O)/C(=C(\O)c2c[nH]c3ccccc23)C1c1ccc(OC(C)=O)cc1. The number of ketones is 1. The van der Waals surface area contributed by atoms with Crippen molar-refractivity contribution < 1.29 is 29.0 Å². The summed E-state index contributed by atoms with van der Waals surface area (Å²) in [5, 5.41) is 12.0. The normalized spacial score (nSPS) is 17.6. The number of fused-ring (bicyclic) bond motifs is 1. The Morgan fingerprint density at radius 2 is 1.85 bits per heavy atom.